The maximum atomic E-state index is 11.3. The highest BCUT2D eigenvalue weighted by Crippen LogP contribution is 2.32. The molecule has 0 aromatic carbocycles. The molecule has 0 aromatic rings. The molecule has 1 N–H and O–H groups in total. The molecule has 4 heteroatoms. The van der Waals surface area contributed by atoms with Gasteiger partial charge in [-0.3, -0.25) is 4.79 Å². The molecule has 1 aliphatic carbocycles. The second kappa shape index (κ2) is 7.53. The molecule has 3 unspecified atom stereocenters. The summed E-state index contributed by atoms with van der Waals surface area (Å²) in [5.41, 5.74) is 0. The van der Waals surface area contributed by atoms with E-state index in [-0.39, 0.29) is 18.1 Å². The van der Waals surface area contributed by atoms with Crippen LogP contribution in [0.25, 0.3) is 0 Å². The average molecular weight is 293 g/mol. The monoisotopic (exact) mass is 293 g/mol. The van der Waals surface area contributed by atoms with Crippen LogP contribution in [-0.4, -0.2) is 24.7 Å². The zero-order valence-electron chi connectivity index (χ0n) is 13.0. The lowest BCUT2D eigenvalue weighted by Crippen LogP contribution is -2.37. The minimum Gasteiger partial charge on any atom is -0.496 e. The van der Waals surface area contributed by atoms with Gasteiger partial charge in [0.1, 0.15) is 6.10 Å². The first kappa shape index (κ1) is 15.9. The number of piperidine rings is 1. The number of nitrogens with one attached hydrogen (secondary N) is 1. The first-order chi connectivity index (χ1) is 10.0. The first-order valence-electron chi connectivity index (χ1n) is 7.96. The van der Waals surface area contributed by atoms with Gasteiger partial charge in [-0.15, -0.1) is 0 Å². The average Bonchev–Trinajstić information content (AvgIpc) is 2.37. The molecule has 0 aromatic heterocycles. The summed E-state index contributed by atoms with van der Waals surface area (Å²) in [5, 5.41) is 2.82. The summed E-state index contributed by atoms with van der Waals surface area (Å²) >= 11 is 0. The third-order valence-electron chi connectivity index (χ3n) is 4.15. The highest BCUT2D eigenvalue weighted by molar-refractivity contribution is 5.77. The van der Waals surface area contributed by atoms with Gasteiger partial charge in [0.05, 0.1) is 24.0 Å². The largest absolute Gasteiger partial charge is 0.496 e. The zero-order valence-corrected chi connectivity index (χ0v) is 13.0. The summed E-state index contributed by atoms with van der Waals surface area (Å²) in [6, 6.07) is 0. The summed E-state index contributed by atoms with van der Waals surface area (Å²) < 4.78 is 11.6. The minimum atomic E-state index is -0.00249. The summed E-state index contributed by atoms with van der Waals surface area (Å²) in [6.45, 7) is 10.5. The van der Waals surface area contributed by atoms with E-state index in [9.17, 15) is 4.79 Å². The third-order valence-corrected chi connectivity index (χ3v) is 4.15. The van der Waals surface area contributed by atoms with Gasteiger partial charge in [0.15, 0.2) is 0 Å². The van der Waals surface area contributed by atoms with Crippen LogP contribution in [0, 0.1) is 5.92 Å². The molecule has 0 spiro atoms. The van der Waals surface area contributed by atoms with Gasteiger partial charge in [0.25, 0.3) is 0 Å². The molecule has 2 rings (SSSR count). The molecule has 1 amide bonds. The van der Waals surface area contributed by atoms with Crippen molar-refractivity contribution < 1.29 is 14.3 Å². The lowest BCUT2D eigenvalue weighted by molar-refractivity contribution is -0.125. The number of rotatable bonds is 6. The van der Waals surface area contributed by atoms with Crippen molar-refractivity contribution in [2.45, 2.75) is 64.1 Å². The first-order valence-corrected chi connectivity index (χ1v) is 7.96. The molecule has 1 heterocycles. The Bertz CT molecular complexity index is 405. The Kier molecular flexibility index (Phi) is 5.71. The van der Waals surface area contributed by atoms with Gasteiger partial charge in [-0.05, 0) is 38.5 Å². The molecule has 0 radical (unpaired) electrons. The molecule has 2 fully saturated rings. The SMILES string of the molecule is C=C(C)OC1CCCC(CC(=C)OC2CCNC(=O)C2)C1. The lowest BCUT2D eigenvalue weighted by atomic mass is 9.84. The highest BCUT2D eigenvalue weighted by Gasteiger charge is 2.26. The van der Waals surface area contributed by atoms with Gasteiger partial charge < -0.3 is 14.8 Å². The Morgan fingerprint density at radius 3 is 2.76 bits per heavy atom. The summed E-state index contributed by atoms with van der Waals surface area (Å²) in [4.78, 5) is 11.3. The van der Waals surface area contributed by atoms with Crippen LogP contribution in [0.5, 0.6) is 0 Å². The number of ether oxygens (including phenoxy) is 2. The van der Waals surface area contributed by atoms with E-state index in [1.54, 1.807) is 0 Å². The van der Waals surface area contributed by atoms with Crippen molar-refractivity contribution in [1.29, 1.82) is 0 Å². The van der Waals surface area contributed by atoms with Crippen LogP contribution in [0.2, 0.25) is 0 Å². The number of amides is 1. The van der Waals surface area contributed by atoms with E-state index >= 15 is 0 Å². The van der Waals surface area contributed by atoms with Crippen molar-refractivity contribution in [3.63, 3.8) is 0 Å². The Morgan fingerprint density at radius 1 is 1.24 bits per heavy atom. The fourth-order valence-corrected chi connectivity index (χ4v) is 3.28. The van der Waals surface area contributed by atoms with Crippen LogP contribution < -0.4 is 5.32 Å². The van der Waals surface area contributed by atoms with Crippen LogP contribution in [0.1, 0.15) is 51.9 Å². The van der Waals surface area contributed by atoms with Crippen molar-refractivity contribution in [1.82, 2.24) is 5.32 Å². The molecule has 1 saturated heterocycles. The molecule has 4 nitrogen and oxygen atoms in total. The van der Waals surface area contributed by atoms with Gasteiger partial charge in [-0.2, -0.15) is 0 Å². The number of allylic oxidation sites excluding steroid dienone is 2. The molecular weight excluding hydrogens is 266 g/mol. The van der Waals surface area contributed by atoms with Crippen LogP contribution in [0.4, 0.5) is 0 Å². The second-order valence-corrected chi connectivity index (χ2v) is 6.30. The van der Waals surface area contributed by atoms with E-state index in [1.165, 1.54) is 12.8 Å². The van der Waals surface area contributed by atoms with Crippen LogP contribution in [0.3, 0.4) is 0 Å². The normalized spacial score (nSPS) is 29.4. The lowest BCUT2D eigenvalue weighted by Gasteiger charge is -2.31. The van der Waals surface area contributed by atoms with Crippen molar-refractivity contribution >= 4 is 5.91 Å². The predicted molar refractivity (Wildman–Crippen MR) is 82.5 cm³/mol. The molecular formula is C17H27NO3. The van der Waals surface area contributed by atoms with E-state index in [0.717, 1.165) is 37.2 Å². The van der Waals surface area contributed by atoms with Crippen LogP contribution in [0.15, 0.2) is 24.7 Å². The van der Waals surface area contributed by atoms with Gasteiger partial charge in [0, 0.05) is 19.4 Å². The molecule has 21 heavy (non-hydrogen) atoms. The number of carbonyl (C=O) groups excluding carboxylic acids is 1. The summed E-state index contributed by atoms with van der Waals surface area (Å²) in [6.07, 6.45) is 7.01. The Balaban J connectivity index is 1.74. The molecule has 2 aliphatic rings. The van der Waals surface area contributed by atoms with E-state index in [4.69, 9.17) is 9.47 Å². The fraction of sp³-hybridized carbons (Fsp3) is 0.706. The highest BCUT2D eigenvalue weighted by atomic mass is 16.5. The van der Waals surface area contributed by atoms with Crippen LogP contribution >= 0.6 is 0 Å². The van der Waals surface area contributed by atoms with Gasteiger partial charge in [-0.1, -0.05) is 13.2 Å². The van der Waals surface area contributed by atoms with Crippen LogP contribution in [-0.2, 0) is 14.3 Å². The Morgan fingerprint density at radius 2 is 2.05 bits per heavy atom. The van der Waals surface area contributed by atoms with E-state index in [1.807, 2.05) is 6.92 Å². The van der Waals surface area contributed by atoms with Crippen molar-refractivity contribution in [2.24, 2.45) is 5.92 Å². The Labute approximate surface area is 127 Å². The van der Waals surface area contributed by atoms with E-state index in [2.05, 4.69) is 18.5 Å². The fourth-order valence-electron chi connectivity index (χ4n) is 3.28. The van der Waals surface area contributed by atoms with Crippen molar-refractivity contribution in [3.05, 3.63) is 24.7 Å². The van der Waals surface area contributed by atoms with Gasteiger partial charge in [0.2, 0.25) is 5.91 Å². The maximum absolute atomic E-state index is 11.3. The Hall–Kier alpha value is -1.45. The van der Waals surface area contributed by atoms with E-state index in [0.29, 0.717) is 18.9 Å². The molecule has 118 valence electrons. The van der Waals surface area contributed by atoms with Crippen molar-refractivity contribution in [3.8, 4) is 0 Å². The summed E-state index contributed by atoms with van der Waals surface area (Å²) in [5.74, 6) is 2.25. The summed E-state index contributed by atoms with van der Waals surface area (Å²) in [7, 11) is 0. The van der Waals surface area contributed by atoms with E-state index < -0.39 is 0 Å². The third kappa shape index (κ3) is 5.44. The topological polar surface area (TPSA) is 47.6 Å². The predicted octanol–water partition coefficient (Wildman–Crippen LogP) is 3.29. The number of hydrogen-bond acceptors (Lipinski definition) is 3. The van der Waals surface area contributed by atoms with Gasteiger partial charge in [-0.25, -0.2) is 0 Å². The second-order valence-electron chi connectivity index (χ2n) is 6.30. The molecule has 1 aliphatic heterocycles. The zero-order chi connectivity index (χ0) is 15.2. The van der Waals surface area contributed by atoms with Crippen molar-refractivity contribution in [2.75, 3.05) is 6.54 Å². The minimum absolute atomic E-state index is 0.00249. The number of carbonyl (C=O) groups is 1. The number of hydrogen-bond donors (Lipinski definition) is 1. The molecule has 1 saturated carbocycles. The smallest absolute Gasteiger partial charge is 0.223 e. The maximum Gasteiger partial charge on any atom is 0.223 e. The standard InChI is InChI=1S/C17H27NO3/c1-12(2)20-15-6-4-5-14(10-15)9-13(3)21-16-7-8-18-17(19)11-16/h14-16H,1,3-11H2,2H3,(H,18,19). The van der Waals surface area contributed by atoms with Gasteiger partial charge >= 0.3 is 0 Å². The molecule has 3 atom stereocenters. The quantitative estimate of drug-likeness (QED) is 0.764. The molecule has 0 bridgehead atoms.